The Balaban J connectivity index is 1.97. The Kier molecular flexibility index (Phi) is 21.6. The zero-order valence-electron chi connectivity index (χ0n) is 26.9. The first-order chi connectivity index (χ1) is 22.0. The molecule has 1 aliphatic rings. The maximum absolute atomic E-state index is 12.0. The molecule has 46 heavy (non-hydrogen) atoms. The quantitative estimate of drug-likeness (QED) is 0.0417. The van der Waals surface area contributed by atoms with Gasteiger partial charge in [0.2, 0.25) is 17.7 Å². The Bertz CT molecular complexity index is 972. The third-order valence-electron chi connectivity index (χ3n) is 6.05. The van der Waals surface area contributed by atoms with Gasteiger partial charge in [0, 0.05) is 64.1 Å². The maximum atomic E-state index is 12.0. The van der Waals surface area contributed by atoms with Gasteiger partial charge < -0.3 is 50.1 Å². The molecule has 0 fully saturated rings. The summed E-state index contributed by atoms with van der Waals surface area (Å²) in [5, 5.41) is 19.7. The van der Waals surface area contributed by atoms with Crippen LogP contribution in [-0.4, -0.2) is 136 Å². The van der Waals surface area contributed by atoms with Crippen molar-refractivity contribution in [2.24, 2.45) is 0 Å². The number of hydrogen-bond donors (Lipinski definition) is 5. The molecule has 17 nitrogen and oxygen atoms in total. The van der Waals surface area contributed by atoms with Crippen LogP contribution in [0.3, 0.4) is 0 Å². The summed E-state index contributed by atoms with van der Waals surface area (Å²) < 4.78 is 26.9. The molecule has 0 aliphatic carbocycles. The lowest BCUT2D eigenvalue weighted by atomic mass is 10.3. The fourth-order valence-corrected chi connectivity index (χ4v) is 3.65. The van der Waals surface area contributed by atoms with Crippen molar-refractivity contribution in [1.82, 2.24) is 26.2 Å². The van der Waals surface area contributed by atoms with Gasteiger partial charge in [0.05, 0.1) is 45.2 Å². The average Bonchev–Trinajstić information content (AvgIpc) is 3.34. The van der Waals surface area contributed by atoms with Gasteiger partial charge in [-0.05, 0) is 20.3 Å². The molecule has 2 atom stereocenters. The zero-order chi connectivity index (χ0) is 34.2. The fourth-order valence-electron chi connectivity index (χ4n) is 3.65. The summed E-state index contributed by atoms with van der Waals surface area (Å²) >= 11 is 0. The predicted molar refractivity (Wildman–Crippen MR) is 162 cm³/mol. The van der Waals surface area contributed by atoms with Crippen LogP contribution in [0.4, 0.5) is 4.79 Å². The number of hydrogen-bond acceptors (Lipinski definition) is 12. The molecule has 0 aromatic carbocycles. The van der Waals surface area contributed by atoms with Gasteiger partial charge in [-0.1, -0.05) is 6.92 Å². The molecule has 6 amide bonds. The van der Waals surface area contributed by atoms with Crippen molar-refractivity contribution in [3.63, 3.8) is 0 Å². The smallest absolute Gasteiger partial charge is 0.407 e. The number of ether oxygens (including phenoxy) is 5. The van der Waals surface area contributed by atoms with E-state index in [0.29, 0.717) is 6.42 Å². The maximum Gasteiger partial charge on any atom is 0.407 e. The number of alkyl carbamates (subject to hydrolysis) is 1. The van der Waals surface area contributed by atoms with Crippen LogP contribution in [0, 0.1) is 0 Å². The largest absolute Gasteiger partial charge is 0.444 e. The van der Waals surface area contributed by atoms with E-state index < -0.39 is 30.3 Å². The van der Waals surface area contributed by atoms with Gasteiger partial charge in [0.15, 0.2) is 6.29 Å². The van der Waals surface area contributed by atoms with Crippen LogP contribution in [0.1, 0.15) is 46.5 Å². The molecule has 1 aliphatic heterocycles. The highest BCUT2D eigenvalue weighted by molar-refractivity contribution is 6.13. The van der Waals surface area contributed by atoms with Crippen molar-refractivity contribution in [2.75, 3.05) is 72.4 Å². The topological polar surface area (TPSA) is 220 Å². The van der Waals surface area contributed by atoms with E-state index in [2.05, 4.69) is 21.3 Å². The van der Waals surface area contributed by atoms with Crippen LogP contribution in [0.25, 0.3) is 0 Å². The van der Waals surface area contributed by atoms with E-state index in [1.54, 1.807) is 13.8 Å². The summed E-state index contributed by atoms with van der Waals surface area (Å²) in [6.07, 6.45) is 0.850. The van der Waals surface area contributed by atoms with Crippen molar-refractivity contribution in [3.05, 3.63) is 12.2 Å². The van der Waals surface area contributed by atoms with Gasteiger partial charge in [-0.25, -0.2) is 4.79 Å². The third kappa shape index (κ3) is 19.7. The molecular weight excluding hydrogens is 610 g/mol. The van der Waals surface area contributed by atoms with E-state index >= 15 is 0 Å². The summed E-state index contributed by atoms with van der Waals surface area (Å²) in [7, 11) is 0. The molecule has 0 radical (unpaired) electrons. The second-order valence-electron chi connectivity index (χ2n) is 10.2. The number of carbonyl (C=O) groups is 6. The Morgan fingerprint density at radius 1 is 0.761 bits per heavy atom. The predicted octanol–water partition coefficient (Wildman–Crippen LogP) is -1.27. The summed E-state index contributed by atoms with van der Waals surface area (Å²) in [4.78, 5) is 71.5. The molecule has 0 saturated heterocycles. The lowest BCUT2D eigenvalue weighted by molar-refractivity contribution is -0.209. The third-order valence-corrected chi connectivity index (χ3v) is 6.05. The summed E-state index contributed by atoms with van der Waals surface area (Å²) in [6, 6.07) is 0. The number of amides is 6. The first-order valence-corrected chi connectivity index (χ1v) is 15.4. The molecule has 0 aromatic rings. The highest BCUT2D eigenvalue weighted by atomic mass is 16.7. The number of aliphatic hydroxyl groups is 1. The number of imide groups is 1. The van der Waals surface area contributed by atoms with Crippen LogP contribution < -0.4 is 21.3 Å². The summed E-state index contributed by atoms with van der Waals surface area (Å²) in [6.45, 7) is 6.81. The van der Waals surface area contributed by atoms with E-state index in [9.17, 15) is 33.9 Å². The standard InChI is InChI=1S/C29H49N5O12/c1-4-22(19-35)46-28(45-21(2)3)20-44-29(41)33-10-7-23(36)30-11-12-31-25(38)9-15-42-17-18-43-16-13-32-24(37)8-14-34-26(39)5-6-27(34)40/h5-6,21-22,28,35H,4,7-20H2,1-3H3,(H,30,36)(H,31,38)(H,32,37)(H,33,41). The Morgan fingerprint density at radius 2 is 1.35 bits per heavy atom. The number of nitrogens with one attached hydrogen (secondary N) is 4. The van der Waals surface area contributed by atoms with Gasteiger partial charge in [0.1, 0.15) is 6.61 Å². The van der Waals surface area contributed by atoms with Crippen molar-refractivity contribution >= 4 is 35.6 Å². The van der Waals surface area contributed by atoms with Crippen molar-refractivity contribution in [2.45, 2.75) is 65.0 Å². The van der Waals surface area contributed by atoms with Crippen LogP contribution >= 0.6 is 0 Å². The second-order valence-corrected chi connectivity index (χ2v) is 10.2. The van der Waals surface area contributed by atoms with Crippen LogP contribution in [-0.2, 0) is 47.7 Å². The lowest BCUT2D eigenvalue weighted by Crippen LogP contribution is -2.37. The second kappa shape index (κ2) is 24.6. The molecule has 17 heteroatoms. The first kappa shape index (κ1) is 40.4. The molecule has 1 heterocycles. The molecule has 262 valence electrons. The summed E-state index contributed by atoms with van der Waals surface area (Å²) in [5.74, 6) is -1.72. The average molecular weight is 660 g/mol. The Hall–Kier alpha value is -3.64. The molecular formula is C29H49N5O12. The number of rotatable bonds is 26. The van der Waals surface area contributed by atoms with Crippen LogP contribution in [0.15, 0.2) is 12.2 Å². The fraction of sp³-hybridized carbons (Fsp3) is 0.724. The Labute approximate surface area is 269 Å². The molecule has 0 aromatic heterocycles. The van der Waals surface area contributed by atoms with E-state index in [1.165, 1.54) is 12.2 Å². The molecule has 5 N–H and O–H groups in total. The highest BCUT2D eigenvalue weighted by Crippen LogP contribution is 2.08. The van der Waals surface area contributed by atoms with Crippen molar-refractivity contribution < 1.29 is 57.6 Å². The van der Waals surface area contributed by atoms with Crippen molar-refractivity contribution in [1.29, 1.82) is 0 Å². The minimum atomic E-state index is -0.833. The van der Waals surface area contributed by atoms with E-state index in [0.717, 1.165) is 4.90 Å². The van der Waals surface area contributed by atoms with Gasteiger partial charge in [-0.3, -0.25) is 28.9 Å². The normalized spacial score (nSPS) is 13.9. The molecule has 1 rings (SSSR count). The monoisotopic (exact) mass is 659 g/mol. The minimum Gasteiger partial charge on any atom is -0.444 e. The number of nitrogens with zero attached hydrogens (tertiary/aromatic N) is 1. The first-order valence-electron chi connectivity index (χ1n) is 15.4. The molecule has 2 unspecified atom stereocenters. The van der Waals surface area contributed by atoms with Gasteiger partial charge in [-0.2, -0.15) is 0 Å². The molecule has 0 bridgehead atoms. The van der Waals surface area contributed by atoms with Gasteiger partial charge >= 0.3 is 6.09 Å². The Morgan fingerprint density at radius 3 is 1.96 bits per heavy atom. The summed E-state index contributed by atoms with van der Waals surface area (Å²) in [5.41, 5.74) is 0. The molecule has 0 saturated carbocycles. The molecule has 0 spiro atoms. The van der Waals surface area contributed by atoms with Gasteiger partial charge in [0.25, 0.3) is 11.8 Å². The lowest BCUT2D eigenvalue weighted by Gasteiger charge is -2.24. The van der Waals surface area contributed by atoms with E-state index in [4.69, 9.17) is 23.7 Å². The minimum absolute atomic E-state index is 0.00666. The van der Waals surface area contributed by atoms with Gasteiger partial charge in [-0.15, -0.1) is 0 Å². The van der Waals surface area contributed by atoms with Crippen LogP contribution in [0.2, 0.25) is 0 Å². The highest BCUT2D eigenvalue weighted by Gasteiger charge is 2.23. The van der Waals surface area contributed by atoms with Crippen LogP contribution in [0.5, 0.6) is 0 Å². The number of carbonyl (C=O) groups excluding carboxylic acids is 6. The van der Waals surface area contributed by atoms with E-state index in [1.807, 2.05) is 6.92 Å². The SMILES string of the molecule is CCC(CO)OC(COC(=O)NCCC(=O)NCCNC(=O)CCOCCOCCNC(=O)CCN1C(=O)C=CC1=O)OC(C)C. The van der Waals surface area contributed by atoms with Crippen molar-refractivity contribution in [3.8, 4) is 0 Å². The number of aliphatic hydroxyl groups excluding tert-OH is 1. The van der Waals surface area contributed by atoms with E-state index in [-0.39, 0.29) is 115 Å². The zero-order valence-corrected chi connectivity index (χ0v) is 26.9.